The van der Waals surface area contributed by atoms with Crippen molar-refractivity contribution in [2.24, 2.45) is 0 Å². The van der Waals surface area contributed by atoms with Crippen molar-refractivity contribution in [1.29, 1.82) is 0 Å². The average Bonchev–Trinajstić information content (AvgIpc) is 3.79. The summed E-state index contributed by atoms with van der Waals surface area (Å²) in [4.78, 5) is 12.3. The highest BCUT2D eigenvalue weighted by atomic mass is 32.2. The molecule has 0 radical (unpaired) electrons. The van der Waals surface area contributed by atoms with Gasteiger partial charge in [0.1, 0.15) is 0 Å². The normalized spacial score (nSPS) is 13.0. The number of aromatic nitrogens is 1. The predicted molar refractivity (Wildman–Crippen MR) is 308 cm³/mol. The van der Waals surface area contributed by atoms with Crippen LogP contribution in [0.15, 0.2) is 277 Å². The Morgan fingerprint density at radius 2 is 0.767 bits per heavy atom. The molecule has 3 aliphatic heterocycles. The van der Waals surface area contributed by atoms with Crippen LogP contribution >= 0.6 is 11.8 Å². The summed E-state index contributed by atoms with van der Waals surface area (Å²) in [6.45, 7) is -0.0842. The third kappa shape index (κ3) is 6.52. The van der Waals surface area contributed by atoms with Crippen LogP contribution in [0.25, 0.3) is 27.5 Å². The van der Waals surface area contributed by atoms with Gasteiger partial charge in [-0.15, -0.1) is 0 Å². The molecule has 0 aliphatic carbocycles. The van der Waals surface area contributed by atoms with Gasteiger partial charge in [0.15, 0.2) is 0 Å². The van der Waals surface area contributed by atoms with E-state index in [0.29, 0.717) is 0 Å². The minimum absolute atomic E-state index is 0.0842. The molecule has 4 heterocycles. The fraction of sp³-hybridized carbons (Fsp3) is 0. The monoisotopic (exact) mass is 949 g/mol. The fourth-order valence-corrected chi connectivity index (χ4v) is 13.0. The number of fused-ring (bicyclic) bond motifs is 9. The predicted octanol–water partition coefficient (Wildman–Crippen LogP) is 16.3. The van der Waals surface area contributed by atoms with Crippen molar-refractivity contribution in [3.63, 3.8) is 0 Å². The lowest BCUT2D eigenvalue weighted by atomic mass is 9.33. The second-order valence-corrected chi connectivity index (χ2v) is 20.0. The number of hydrogen-bond donors (Lipinski definition) is 0. The van der Waals surface area contributed by atoms with Gasteiger partial charge >= 0.3 is 0 Å². The summed E-state index contributed by atoms with van der Waals surface area (Å²) >= 11 is 1.87. The Morgan fingerprint density at radius 1 is 0.301 bits per heavy atom. The molecule has 15 rings (SSSR count). The number of rotatable bonds is 7. The van der Waals surface area contributed by atoms with Gasteiger partial charge in [-0.2, -0.15) is 0 Å². The topological polar surface area (TPSA) is 17.9 Å². The summed E-state index contributed by atoms with van der Waals surface area (Å²) in [6.07, 6.45) is 0. The van der Waals surface area contributed by atoms with Crippen LogP contribution in [0, 0.1) is 0 Å². The Balaban J connectivity index is 1.00. The molecule has 3 aliphatic rings. The highest BCUT2D eigenvalue weighted by Crippen LogP contribution is 2.55. The summed E-state index contributed by atoms with van der Waals surface area (Å²) in [7, 11) is 0. The quantitative estimate of drug-likeness (QED) is 0.148. The largest absolute Gasteiger partial charge is 0.311 e. The summed E-state index contributed by atoms with van der Waals surface area (Å²) in [5, 5.41) is 2.51. The first-order chi connectivity index (χ1) is 36.2. The fourth-order valence-electron chi connectivity index (χ4n) is 11.9. The van der Waals surface area contributed by atoms with Gasteiger partial charge < -0.3 is 24.2 Å². The standard InChI is InChI=1S/C66H44BN5S/c1-6-22-45(23-7-1)68(46-24-8-2-9-25-46)51-40-62-66-63(41-51)71(49-30-14-5-15-31-49)60-44-65-61(43-55(60)67(66)54-34-18-21-37-58(54)69(62)47-26-10-3-11-27-47)70(48-28-12-4-13-29-48)59-39-38-50(42-64(59)73-65)72-56-35-19-16-32-52(56)53-33-17-20-36-57(53)72/h1-44H. The van der Waals surface area contributed by atoms with Gasteiger partial charge in [0.2, 0.25) is 0 Å². The third-order valence-corrected chi connectivity index (χ3v) is 15.9. The smallest absolute Gasteiger partial charge is 0.252 e. The zero-order chi connectivity index (χ0) is 48.0. The summed E-state index contributed by atoms with van der Waals surface area (Å²) in [5.41, 5.74) is 20.9. The molecule has 0 bridgehead atoms. The molecule has 12 aromatic rings. The van der Waals surface area contributed by atoms with Crippen molar-refractivity contribution in [2.45, 2.75) is 9.79 Å². The Bertz CT molecular complexity index is 4000. The minimum Gasteiger partial charge on any atom is -0.311 e. The van der Waals surface area contributed by atoms with Crippen molar-refractivity contribution in [1.82, 2.24) is 4.57 Å². The number of benzene rings is 11. The van der Waals surface area contributed by atoms with Gasteiger partial charge in [-0.05, 0) is 138 Å². The van der Waals surface area contributed by atoms with E-state index in [-0.39, 0.29) is 6.71 Å². The zero-order valence-corrected chi connectivity index (χ0v) is 40.4. The molecule has 73 heavy (non-hydrogen) atoms. The zero-order valence-electron chi connectivity index (χ0n) is 39.6. The number of hydrogen-bond acceptors (Lipinski definition) is 5. The van der Waals surface area contributed by atoms with Crippen LogP contribution < -0.4 is 36.0 Å². The molecule has 7 heteroatoms. The lowest BCUT2D eigenvalue weighted by Gasteiger charge is -2.45. The van der Waals surface area contributed by atoms with Gasteiger partial charge in [0, 0.05) is 77.4 Å². The molecule has 0 atom stereocenters. The second kappa shape index (κ2) is 16.7. The first-order valence-corrected chi connectivity index (χ1v) is 25.8. The molecule has 11 aromatic carbocycles. The molecule has 0 amide bonds. The molecular weight excluding hydrogens is 906 g/mol. The van der Waals surface area contributed by atoms with Crippen molar-refractivity contribution < 1.29 is 0 Å². The van der Waals surface area contributed by atoms with Crippen LogP contribution in [0.1, 0.15) is 0 Å². The van der Waals surface area contributed by atoms with Crippen molar-refractivity contribution in [2.75, 3.05) is 19.6 Å². The molecule has 342 valence electrons. The first kappa shape index (κ1) is 41.6. The van der Waals surface area contributed by atoms with E-state index in [0.717, 1.165) is 56.9 Å². The van der Waals surface area contributed by atoms with E-state index in [9.17, 15) is 0 Å². The van der Waals surface area contributed by atoms with Gasteiger partial charge in [-0.3, -0.25) is 0 Å². The van der Waals surface area contributed by atoms with E-state index in [2.05, 4.69) is 291 Å². The molecule has 1 aromatic heterocycles. The Labute approximate surface area is 429 Å². The minimum atomic E-state index is -0.0842. The van der Waals surface area contributed by atoms with E-state index >= 15 is 0 Å². The van der Waals surface area contributed by atoms with Crippen LogP contribution in [0.2, 0.25) is 0 Å². The van der Waals surface area contributed by atoms with Gasteiger partial charge in [-0.25, -0.2) is 0 Å². The Morgan fingerprint density at radius 3 is 1.34 bits per heavy atom. The van der Waals surface area contributed by atoms with Crippen LogP contribution in [0.5, 0.6) is 0 Å². The Kier molecular flexibility index (Phi) is 9.53. The molecule has 0 unspecified atom stereocenters. The Hall–Kier alpha value is -9.17. The van der Waals surface area contributed by atoms with Gasteiger partial charge in [0.05, 0.1) is 28.1 Å². The van der Waals surface area contributed by atoms with Crippen LogP contribution in [0.4, 0.5) is 68.2 Å². The molecule has 5 nitrogen and oxygen atoms in total. The average molecular weight is 950 g/mol. The highest BCUT2D eigenvalue weighted by molar-refractivity contribution is 7.99. The highest BCUT2D eigenvalue weighted by Gasteiger charge is 2.45. The lowest BCUT2D eigenvalue weighted by molar-refractivity contribution is 1.12. The summed E-state index contributed by atoms with van der Waals surface area (Å²) < 4.78 is 2.43. The van der Waals surface area contributed by atoms with Crippen molar-refractivity contribution >= 4 is 125 Å². The van der Waals surface area contributed by atoms with Crippen LogP contribution in [0.3, 0.4) is 0 Å². The van der Waals surface area contributed by atoms with E-state index in [1.54, 1.807) is 0 Å². The van der Waals surface area contributed by atoms with Crippen LogP contribution in [-0.2, 0) is 0 Å². The number of nitrogens with zero attached hydrogens (tertiary/aromatic N) is 5. The van der Waals surface area contributed by atoms with Crippen molar-refractivity contribution in [3.05, 3.63) is 267 Å². The maximum Gasteiger partial charge on any atom is 0.252 e. The maximum atomic E-state index is 2.54. The second-order valence-electron chi connectivity index (χ2n) is 18.9. The molecular formula is C66H44BN5S. The molecule has 0 fully saturated rings. The first-order valence-electron chi connectivity index (χ1n) is 25.0. The lowest BCUT2D eigenvalue weighted by Crippen LogP contribution is -2.61. The summed E-state index contributed by atoms with van der Waals surface area (Å²) in [6, 6.07) is 97.9. The molecule has 0 N–H and O–H groups in total. The maximum absolute atomic E-state index is 2.54. The molecule has 0 saturated heterocycles. The van der Waals surface area contributed by atoms with Crippen LogP contribution in [-0.4, -0.2) is 11.3 Å². The third-order valence-electron chi connectivity index (χ3n) is 14.9. The molecule has 0 spiro atoms. The van der Waals surface area contributed by atoms with E-state index < -0.39 is 0 Å². The number of anilines is 12. The van der Waals surface area contributed by atoms with E-state index in [1.165, 1.54) is 65.0 Å². The SMILES string of the molecule is c1ccc(N(c2ccccc2)c2cc3c4c(c2)N(c2ccccc2)c2cc5c(cc2B4c2ccccc2N3c2ccccc2)N(c2ccccc2)c2ccc(-n3c4ccccc4c4ccccc43)cc2S5)cc1. The van der Waals surface area contributed by atoms with Gasteiger partial charge in [0.25, 0.3) is 6.71 Å². The van der Waals surface area contributed by atoms with Crippen molar-refractivity contribution in [3.8, 4) is 5.69 Å². The summed E-state index contributed by atoms with van der Waals surface area (Å²) in [5.74, 6) is 0. The van der Waals surface area contributed by atoms with Gasteiger partial charge in [-0.1, -0.05) is 157 Å². The number of para-hydroxylation sites is 8. The molecule has 0 saturated carbocycles. The van der Waals surface area contributed by atoms with E-state index in [1.807, 2.05) is 11.8 Å². The van der Waals surface area contributed by atoms with E-state index in [4.69, 9.17) is 0 Å².